The van der Waals surface area contributed by atoms with E-state index in [-0.39, 0.29) is 5.92 Å². The minimum absolute atomic E-state index is 0.271. The molecule has 0 saturated carbocycles. The molecular weight excluding hydrogens is 238 g/mol. The second-order valence-electron chi connectivity index (χ2n) is 6.19. The molecular formula is C15H29N3O. The summed E-state index contributed by atoms with van der Waals surface area (Å²) in [7, 11) is 4.18. The number of carbonyl (C=O) groups excluding carboxylic acids is 1. The topological polar surface area (TPSA) is 26.8 Å². The van der Waals surface area contributed by atoms with Gasteiger partial charge in [-0.15, -0.1) is 0 Å². The molecule has 19 heavy (non-hydrogen) atoms. The van der Waals surface area contributed by atoms with Crippen LogP contribution in [0, 0.1) is 5.92 Å². The van der Waals surface area contributed by atoms with Crippen LogP contribution in [0.25, 0.3) is 0 Å². The lowest BCUT2D eigenvalue weighted by Gasteiger charge is -2.38. The van der Waals surface area contributed by atoms with E-state index < -0.39 is 0 Å². The van der Waals surface area contributed by atoms with E-state index >= 15 is 0 Å². The van der Waals surface area contributed by atoms with Crippen molar-refractivity contribution in [3.8, 4) is 0 Å². The summed E-state index contributed by atoms with van der Waals surface area (Å²) in [4.78, 5) is 19.4. The van der Waals surface area contributed by atoms with Crippen LogP contribution in [0.4, 0.5) is 0 Å². The van der Waals surface area contributed by atoms with Gasteiger partial charge in [-0.25, -0.2) is 0 Å². The normalized spacial score (nSPS) is 24.6. The molecule has 0 aliphatic carbocycles. The molecule has 0 atom stereocenters. The molecule has 0 aromatic heterocycles. The maximum absolute atomic E-state index is 12.6. The molecule has 0 spiro atoms. The van der Waals surface area contributed by atoms with Crippen molar-refractivity contribution < 1.29 is 4.79 Å². The smallest absolute Gasteiger partial charge is 0.225 e. The molecule has 4 nitrogen and oxygen atoms in total. The molecule has 2 saturated heterocycles. The van der Waals surface area contributed by atoms with Crippen molar-refractivity contribution in [2.24, 2.45) is 5.92 Å². The first-order valence-corrected chi connectivity index (χ1v) is 7.79. The van der Waals surface area contributed by atoms with Gasteiger partial charge in [0.05, 0.1) is 0 Å². The fourth-order valence-electron chi connectivity index (χ4n) is 3.35. The molecule has 0 N–H and O–H groups in total. The summed E-state index contributed by atoms with van der Waals surface area (Å²) in [5, 5.41) is 0. The van der Waals surface area contributed by atoms with Crippen LogP contribution in [0.15, 0.2) is 0 Å². The summed E-state index contributed by atoms with van der Waals surface area (Å²) in [5.74, 6) is 0.665. The Morgan fingerprint density at radius 3 is 2.21 bits per heavy atom. The van der Waals surface area contributed by atoms with Crippen LogP contribution in [-0.2, 0) is 4.79 Å². The molecule has 0 radical (unpaired) electrons. The van der Waals surface area contributed by atoms with E-state index in [1.165, 1.54) is 0 Å². The predicted octanol–water partition coefficient (Wildman–Crippen LogP) is 1.27. The van der Waals surface area contributed by atoms with Crippen molar-refractivity contribution in [3.63, 3.8) is 0 Å². The van der Waals surface area contributed by atoms with E-state index in [1.54, 1.807) is 0 Å². The second kappa shape index (κ2) is 6.71. The standard InChI is InChI=1S/C15H29N3O/c1-4-18-11-5-13(6-12-18)15(19)17(3)14-7-9-16(2)10-8-14/h13-14H,4-12H2,1-3H3. The molecule has 0 unspecified atom stereocenters. The summed E-state index contributed by atoms with van der Waals surface area (Å²) in [6, 6.07) is 0.466. The molecule has 1 amide bonds. The van der Waals surface area contributed by atoms with Gasteiger partial charge in [0.2, 0.25) is 5.91 Å². The summed E-state index contributed by atoms with van der Waals surface area (Å²) >= 11 is 0. The highest BCUT2D eigenvalue weighted by Gasteiger charge is 2.30. The SMILES string of the molecule is CCN1CCC(C(=O)N(C)C2CCN(C)CC2)CC1. The number of hydrogen-bond acceptors (Lipinski definition) is 3. The number of carbonyl (C=O) groups is 1. The average Bonchev–Trinajstić information content (AvgIpc) is 2.46. The molecule has 0 aromatic carbocycles. The van der Waals surface area contributed by atoms with Crippen LogP contribution in [0.1, 0.15) is 32.6 Å². The maximum atomic E-state index is 12.6. The van der Waals surface area contributed by atoms with Gasteiger partial charge in [0.1, 0.15) is 0 Å². The second-order valence-corrected chi connectivity index (χ2v) is 6.19. The number of likely N-dealkylation sites (tertiary alicyclic amines) is 2. The lowest BCUT2D eigenvalue weighted by molar-refractivity contribution is -0.138. The number of piperidine rings is 2. The average molecular weight is 267 g/mol. The molecule has 110 valence electrons. The highest BCUT2D eigenvalue weighted by Crippen LogP contribution is 2.22. The highest BCUT2D eigenvalue weighted by molar-refractivity contribution is 5.79. The molecule has 4 heteroatoms. The van der Waals surface area contributed by atoms with Crippen LogP contribution < -0.4 is 0 Å². The van der Waals surface area contributed by atoms with E-state index in [0.717, 1.165) is 58.4 Å². The van der Waals surface area contributed by atoms with Gasteiger partial charge in [-0.05, 0) is 65.5 Å². The Hall–Kier alpha value is -0.610. The van der Waals surface area contributed by atoms with Crippen molar-refractivity contribution in [1.29, 1.82) is 0 Å². The Bertz CT molecular complexity index is 292. The Kier molecular flexibility index (Phi) is 5.22. The van der Waals surface area contributed by atoms with Crippen LogP contribution >= 0.6 is 0 Å². The van der Waals surface area contributed by atoms with Gasteiger partial charge < -0.3 is 14.7 Å². The minimum atomic E-state index is 0.271. The van der Waals surface area contributed by atoms with E-state index in [1.807, 2.05) is 7.05 Å². The molecule has 2 heterocycles. The lowest BCUT2D eigenvalue weighted by atomic mass is 9.93. The summed E-state index contributed by atoms with van der Waals surface area (Å²) in [5.41, 5.74) is 0. The van der Waals surface area contributed by atoms with Gasteiger partial charge in [-0.3, -0.25) is 4.79 Å². The zero-order valence-electron chi connectivity index (χ0n) is 12.8. The molecule has 2 aliphatic rings. The van der Waals surface area contributed by atoms with Crippen molar-refractivity contribution >= 4 is 5.91 Å². The van der Waals surface area contributed by atoms with Crippen molar-refractivity contribution in [2.45, 2.75) is 38.6 Å². The Labute approximate surface area is 117 Å². The first-order chi connectivity index (χ1) is 9.11. The quantitative estimate of drug-likeness (QED) is 0.770. The molecule has 2 rings (SSSR count). The summed E-state index contributed by atoms with van der Waals surface area (Å²) in [6.45, 7) is 7.74. The third-order valence-electron chi connectivity index (χ3n) is 4.97. The largest absolute Gasteiger partial charge is 0.342 e. The third kappa shape index (κ3) is 3.69. The van der Waals surface area contributed by atoms with Gasteiger partial charge in [0.25, 0.3) is 0 Å². The third-order valence-corrected chi connectivity index (χ3v) is 4.97. The van der Waals surface area contributed by atoms with Crippen LogP contribution in [0.2, 0.25) is 0 Å². The van der Waals surface area contributed by atoms with Crippen LogP contribution in [0.5, 0.6) is 0 Å². The Balaban J connectivity index is 1.82. The van der Waals surface area contributed by atoms with Gasteiger partial charge >= 0.3 is 0 Å². The monoisotopic (exact) mass is 267 g/mol. The molecule has 0 aromatic rings. The summed E-state index contributed by atoms with van der Waals surface area (Å²) in [6.07, 6.45) is 4.35. The minimum Gasteiger partial charge on any atom is -0.342 e. The molecule has 0 bridgehead atoms. The van der Waals surface area contributed by atoms with E-state index in [2.05, 4.69) is 28.7 Å². The fourth-order valence-corrected chi connectivity index (χ4v) is 3.35. The van der Waals surface area contributed by atoms with Crippen LogP contribution in [-0.4, -0.2) is 73.5 Å². The first-order valence-electron chi connectivity index (χ1n) is 7.79. The van der Waals surface area contributed by atoms with Crippen molar-refractivity contribution in [1.82, 2.24) is 14.7 Å². The first kappa shape index (κ1) is 14.8. The van der Waals surface area contributed by atoms with Gasteiger partial charge in [-0.1, -0.05) is 6.92 Å². The Morgan fingerprint density at radius 1 is 1.11 bits per heavy atom. The molecule has 2 fully saturated rings. The Morgan fingerprint density at radius 2 is 1.68 bits per heavy atom. The highest BCUT2D eigenvalue weighted by atomic mass is 16.2. The number of nitrogens with zero attached hydrogens (tertiary/aromatic N) is 3. The zero-order valence-corrected chi connectivity index (χ0v) is 12.8. The van der Waals surface area contributed by atoms with E-state index in [4.69, 9.17) is 0 Å². The van der Waals surface area contributed by atoms with Crippen LogP contribution in [0.3, 0.4) is 0 Å². The van der Waals surface area contributed by atoms with Crippen molar-refractivity contribution in [3.05, 3.63) is 0 Å². The van der Waals surface area contributed by atoms with Gasteiger partial charge in [0.15, 0.2) is 0 Å². The number of hydrogen-bond donors (Lipinski definition) is 0. The summed E-state index contributed by atoms with van der Waals surface area (Å²) < 4.78 is 0. The van der Waals surface area contributed by atoms with Gasteiger partial charge in [0, 0.05) is 19.0 Å². The lowest BCUT2D eigenvalue weighted by Crippen LogP contribution is -2.48. The predicted molar refractivity (Wildman–Crippen MR) is 78.1 cm³/mol. The molecule has 2 aliphatic heterocycles. The number of amides is 1. The van der Waals surface area contributed by atoms with E-state index in [0.29, 0.717) is 11.9 Å². The number of rotatable bonds is 3. The van der Waals surface area contributed by atoms with Gasteiger partial charge in [-0.2, -0.15) is 0 Å². The van der Waals surface area contributed by atoms with Crippen molar-refractivity contribution in [2.75, 3.05) is 46.8 Å². The zero-order chi connectivity index (χ0) is 13.8. The maximum Gasteiger partial charge on any atom is 0.225 e. The fraction of sp³-hybridized carbons (Fsp3) is 0.933. The van der Waals surface area contributed by atoms with E-state index in [9.17, 15) is 4.79 Å².